The van der Waals surface area contributed by atoms with Gasteiger partial charge in [0.25, 0.3) is 5.56 Å². The average molecular weight is 263 g/mol. The highest BCUT2D eigenvalue weighted by molar-refractivity contribution is 8.14. The molecule has 0 bridgehead atoms. The van der Waals surface area contributed by atoms with E-state index in [0.29, 0.717) is 17.3 Å². The molecule has 0 fully saturated rings. The summed E-state index contributed by atoms with van der Waals surface area (Å²) in [4.78, 5) is 36.0. The van der Waals surface area contributed by atoms with Crippen molar-refractivity contribution in [1.29, 1.82) is 0 Å². The van der Waals surface area contributed by atoms with Gasteiger partial charge in [0.1, 0.15) is 0 Å². The summed E-state index contributed by atoms with van der Waals surface area (Å²) in [6, 6.07) is 6.95. The van der Waals surface area contributed by atoms with Gasteiger partial charge < -0.3 is 0 Å². The first-order valence-electron chi connectivity index (χ1n) is 5.04. The first-order chi connectivity index (χ1) is 8.56. The molecule has 0 saturated carbocycles. The Bertz CT molecular complexity index is 688. The van der Waals surface area contributed by atoms with Crippen LogP contribution in [0.5, 0.6) is 0 Å². The number of benzene rings is 1. The van der Waals surface area contributed by atoms with Gasteiger partial charge in [-0.25, -0.2) is 9.89 Å². The number of hydrogen-bond acceptors (Lipinski definition) is 5. The zero-order valence-electron chi connectivity index (χ0n) is 9.39. The molecule has 6 nitrogen and oxygen atoms in total. The van der Waals surface area contributed by atoms with Crippen molar-refractivity contribution in [2.75, 3.05) is 0 Å². The SMILES string of the molecule is Cc1ccc(C(=O)Sc2n[nH]c(=O)[nH]c2=O)cc1. The van der Waals surface area contributed by atoms with Gasteiger partial charge in [0.15, 0.2) is 5.03 Å². The van der Waals surface area contributed by atoms with E-state index in [1.807, 2.05) is 11.9 Å². The molecule has 0 aliphatic heterocycles. The summed E-state index contributed by atoms with van der Waals surface area (Å²) >= 11 is 0.674. The van der Waals surface area contributed by atoms with Crippen LogP contribution in [-0.4, -0.2) is 20.3 Å². The van der Waals surface area contributed by atoms with Crippen LogP contribution in [0, 0.1) is 6.92 Å². The number of thioether (sulfide) groups is 1. The lowest BCUT2D eigenvalue weighted by Crippen LogP contribution is -2.25. The highest BCUT2D eigenvalue weighted by Crippen LogP contribution is 2.17. The van der Waals surface area contributed by atoms with Crippen LogP contribution in [0.2, 0.25) is 0 Å². The number of aromatic nitrogens is 3. The molecule has 2 rings (SSSR count). The molecule has 0 atom stereocenters. The molecule has 1 heterocycles. The second-order valence-electron chi connectivity index (χ2n) is 3.57. The van der Waals surface area contributed by atoms with Crippen LogP contribution in [0.15, 0.2) is 38.9 Å². The van der Waals surface area contributed by atoms with E-state index in [1.165, 1.54) is 0 Å². The van der Waals surface area contributed by atoms with Crippen LogP contribution in [0.25, 0.3) is 0 Å². The number of H-pyrrole nitrogens is 2. The van der Waals surface area contributed by atoms with Crippen LogP contribution >= 0.6 is 11.8 Å². The lowest BCUT2D eigenvalue weighted by molar-refractivity contribution is 0.108. The van der Waals surface area contributed by atoms with Crippen molar-refractivity contribution < 1.29 is 4.79 Å². The Morgan fingerprint density at radius 1 is 1.22 bits per heavy atom. The maximum Gasteiger partial charge on any atom is 0.342 e. The molecule has 92 valence electrons. The second kappa shape index (κ2) is 5.01. The summed E-state index contributed by atoms with van der Waals surface area (Å²) < 4.78 is 0. The van der Waals surface area contributed by atoms with Gasteiger partial charge in [0.05, 0.1) is 0 Å². The van der Waals surface area contributed by atoms with Crippen LogP contribution in [-0.2, 0) is 0 Å². The molecule has 2 N–H and O–H groups in total. The number of aryl methyl sites for hydroxylation is 1. The fourth-order valence-corrected chi connectivity index (χ4v) is 1.91. The number of aromatic amines is 2. The van der Waals surface area contributed by atoms with Gasteiger partial charge in [0, 0.05) is 5.56 Å². The van der Waals surface area contributed by atoms with Crippen LogP contribution in [0.3, 0.4) is 0 Å². The molecule has 0 aliphatic carbocycles. The van der Waals surface area contributed by atoms with Crippen LogP contribution in [0.4, 0.5) is 0 Å². The van der Waals surface area contributed by atoms with Gasteiger partial charge in [-0.2, -0.15) is 5.10 Å². The molecule has 0 aliphatic rings. The molecular formula is C11H9N3O3S. The summed E-state index contributed by atoms with van der Waals surface area (Å²) in [5.74, 6) is 0. The molecular weight excluding hydrogens is 254 g/mol. The summed E-state index contributed by atoms with van der Waals surface area (Å²) in [5.41, 5.74) is 0.130. The van der Waals surface area contributed by atoms with Crippen LogP contribution in [0.1, 0.15) is 15.9 Å². The van der Waals surface area contributed by atoms with E-state index in [1.54, 1.807) is 24.3 Å². The first-order valence-corrected chi connectivity index (χ1v) is 5.86. The number of hydrogen-bond donors (Lipinski definition) is 2. The Hall–Kier alpha value is -2.15. The fraction of sp³-hybridized carbons (Fsp3) is 0.0909. The molecule has 0 amide bonds. The van der Waals surface area contributed by atoms with E-state index in [4.69, 9.17) is 0 Å². The number of nitrogens with zero attached hydrogens (tertiary/aromatic N) is 1. The minimum Gasteiger partial charge on any atom is -0.281 e. The number of carbonyl (C=O) groups excluding carboxylic acids is 1. The lowest BCUT2D eigenvalue weighted by Gasteiger charge is -1.99. The van der Waals surface area contributed by atoms with Crippen LogP contribution < -0.4 is 11.2 Å². The molecule has 1 aromatic heterocycles. The maximum atomic E-state index is 11.8. The lowest BCUT2D eigenvalue weighted by atomic mass is 10.2. The van der Waals surface area contributed by atoms with Gasteiger partial charge in [-0.05, 0) is 18.7 Å². The van der Waals surface area contributed by atoms with Gasteiger partial charge in [-0.15, -0.1) is 0 Å². The zero-order valence-corrected chi connectivity index (χ0v) is 10.2. The Balaban J connectivity index is 2.24. The summed E-state index contributed by atoms with van der Waals surface area (Å²) in [6.45, 7) is 1.91. The first kappa shape index (κ1) is 12.3. The predicted octanol–water partition coefficient (Wildman–Crippen LogP) is 0.699. The van der Waals surface area contributed by atoms with E-state index in [0.717, 1.165) is 5.56 Å². The van der Waals surface area contributed by atoms with E-state index in [9.17, 15) is 14.4 Å². The van der Waals surface area contributed by atoms with Gasteiger partial charge in [0.2, 0.25) is 5.12 Å². The van der Waals surface area contributed by atoms with Crippen molar-refractivity contribution in [2.45, 2.75) is 11.9 Å². The molecule has 2 aromatic rings. The highest BCUT2D eigenvalue weighted by Gasteiger charge is 2.12. The monoisotopic (exact) mass is 263 g/mol. The van der Waals surface area contributed by atoms with Crippen molar-refractivity contribution in [3.05, 3.63) is 56.2 Å². The molecule has 0 unspecified atom stereocenters. The average Bonchev–Trinajstić information content (AvgIpc) is 2.33. The van der Waals surface area contributed by atoms with Crippen molar-refractivity contribution in [3.63, 3.8) is 0 Å². The smallest absolute Gasteiger partial charge is 0.281 e. The second-order valence-corrected chi connectivity index (χ2v) is 4.53. The maximum absolute atomic E-state index is 11.8. The zero-order chi connectivity index (χ0) is 13.1. The molecule has 0 radical (unpaired) electrons. The Morgan fingerprint density at radius 2 is 1.89 bits per heavy atom. The molecule has 0 saturated heterocycles. The third-order valence-corrected chi connectivity index (χ3v) is 3.05. The minimum absolute atomic E-state index is 0.0832. The fourth-order valence-electron chi connectivity index (χ4n) is 1.24. The third kappa shape index (κ3) is 2.75. The van der Waals surface area contributed by atoms with Gasteiger partial charge in [-0.1, -0.05) is 29.8 Å². The molecule has 7 heteroatoms. The Labute approximate surface area is 105 Å². The number of rotatable bonds is 2. The molecule has 18 heavy (non-hydrogen) atoms. The Morgan fingerprint density at radius 3 is 2.50 bits per heavy atom. The van der Waals surface area contributed by atoms with Gasteiger partial charge in [-0.3, -0.25) is 14.6 Å². The van der Waals surface area contributed by atoms with E-state index in [-0.39, 0.29) is 10.1 Å². The van der Waals surface area contributed by atoms with Gasteiger partial charge >= 0.3 is 5.69 Å². The number of nitrogens with one attached hydrogen (secondary N) is 2. The quantitative estimate of drug-likeness (QED) is 0.777. The number of carbonyl (C=O) groups is 1. The van der Waals surface area contributed by atoms with E-state index in [2.05, 4.69) is 10.2 Å². The highest BCUT2D eigenvalue weighted by atomic mass is 32.2. The topological polar surface area (TPSA) is 95.7 Å². The van der Waals surface area contributed by atoms with Crippen molar-refractivity contribution in [3.8, 4) is 0 Å². The molecule has 1 aromatic carbocycles. The molecule has 0 spiro atoms. The normalized spacial score (nSPS) is 10.3. The Kier molecular flexibility index (Phi) is 3.42. The standard InChI is InChI=1S/C11H9N3O3S/c1-6-2-4-7(5-3-6)10(16)18-9-8(15)12-11(17)14-13-9/h2-5H,1H3,(H2,12,14,15,17). The predicted molar refractivity (Wildman–Crippen MR) is 66.8 cm³/mol. The van der Waals surface area contributed by atoms with Crippen molar-refractivity contribution >= 4 is 16.9 Å². The van der Waals surface area contributed by atoms with E-state index < -0.39 is 11.2 Å². The summed E-state index contributed by atoms with van der Waals surface area (Å²) in [6.07, 6.45) is 0. The van der Waals surface area contributed by atoms with Crippen molar-refractivity contribution in [2.24, 2.45) is 0 Å². The van der Waals surface area contributed by atoms with Crippen molar-refractivity contribution in [1.82, 2.24) is 15.2 Å². The minimum atomic E-state index is -0.702. The van der Waals surface area contributed by atoms with E-state index >= 15 is 0 Å². The summed E-state index contributed by atoms with van der Waals surface area (Å²) in [5, 5.41) is 5.21. The third-order valence-electron chi connectivity index (χ3n) is 2.16. The largest absolute Gasteiger partial charge is 0.342 e. The summed E-state index contributed by atoms with van der Waals surface area (Å²) in [7, 11) is 0.